The zero-order chi connectivity index (χ0) is 19.2. The van der Waals surface area contributed by atoms with Crippen molar-refractivity contribution in [1.82, 2.24) is 14.5 Å². The summed E-state index contributed by atoms with van der Waals surface area (Å²) in [5.74, 6) is 0.959. The van der Waals surface area contributed by atoms with Crippen molar-refractivity contribution in [3.05, 3.63) is 78.9 Å². The van der Waals surface area contributed by atoms with Gasteiger partial charge < -0.3 is 14.2 Å². The highest BCUT2D eigenvalue weighted by Gasteiger charge is 2.21. The van der Waals surface area contributed by atoms with Crippen LogP contribution in [-0.4, -0.2) is 54.3 Å². The number of methoxy groups -OCH3 is 1. The third-order valence-corrected chi connectivity index (χ3v) is 5.59. The van der Waals surface area contributed by atoms with E-state index in [4.69, 9.17) is 4.74 Å². The number of nitrogens with zero attached hydrogens (tertiary/aromatic N) is 4. The molecule has 1 aliphatic heterocycles. The highest BCUT2D eigenvalue weighted by Crippen LogP contribution is 2.29. The van der Waals surface area contributed by atoms with Crippen molar-refractivity contribution in [2.24, 2.45) is 0 Å². The number of anilines is 1. The Bertz CT molecular complexity index is 842. The predicted octanol–water partition coefficient (Wildman–Crippen LogP) is 3.69. The fourth-order valence-electron chi connectivity index (χ4n) is 4.03. The van der Waals surface area contributed by atoms with Gasteiger partial charge in [-0.25, -0.2) is 4.98 Å². The van der Waals surface area contributed by atoms with Crippen LogP contribution in [0.1, 0.15) is 18.0 Å². The van der Waals surface area contributed by atoms with Gasteiger partial charge in [0.05, 0.1) is 25.2 Å². The van der Waals surface area contributed by atoms with E-state index in [2.05, 4.69) is 68.0 Å². The number of ether oxygens (including phenoxy) is 1. The van der Waals surface area contributed by atoms with Crippen LogP contribution in [-0.2, 0) is 0 Å². The Morgan fingerprint density at radius 3 is 2.43 bits per heavy atom. The van der Waals surface area contributed by atoms with E-state index in [-0.39, 0.29) is 0 Å². The first-order valence-corrected chi connectivity index (χ1v) is 9.98. The van der Waals surface area contributed by atoms with Crippen LogP contribution in [0.3, 0.4) is 0 Å². The summed E-state index contributed by atoms with van der Waals surface area (Å²) in [7, 11) is 1.74. The molecule has 3 aromatic rings. The minimum atomic E-state index is 0.330. The van der Waals surface area contributed by atoms with E-state index in [0.717, 1.165) is 44.9 Å². The third-order valence-electron chi connectivity index (χ3n) is 5.59. The van der Waals surface area contributed by atoms with Crippen LogP contribution < -0.4 is 9.64 Å². The highest BCUT2D eigenvalue weighted by atomic mass is 16.5. The van der Waals surface area contributed by atoms with Crippen LogP contribution >= 0.6 is 0 Å². The molecule has 1 saturated heterocycles. The van der Waals surface area contributed by atoms with Gasteiger partial charge in [-0.2, -0.15) is 0 Å². The number of para-hydroxylation sites is 2. The second kappa shape index (κ2) is 8.93. The largest absolute Gasteiger partial charge is 0.495 e. The standard InChI is InChI=1S/C23H28N4O/c1-28-23-10-6-5-9-22(23)26-17-15-25(16-18-26)13-11-21(27-14-12-24-19-27)20-7-3-2-4-8-20/h2-10,12,14,19,21H,11,13,15-18H2,1H3. The lowest BCUT2D eigenvalue weighted by Crippen LogP contribution is -2.47. The van der Waals surface area contributed by atoms with E-state index in [0.29, 0.717) is 6.04 Å². The van der Waals surface area contributed by atoms with Gasteiger partial charge in [0.25, 0.3) is 0 Å². The maximum absolute atomic E-state index is 5.53. The maximum Gasteiger partial charge on any atom is 0.142 e. The van der Waals surface area contributed by atoms with E-state index >= 15 is 0 Å². The maximum atomic E-state index is 5.53. The number of imidazole rings is 1. The highest BCUT2D eigenvalue weighted by molar-refractivity contribution is 5.58. The Balaban J connectivity index is 1.36. The van der Waals surface area contributed by atoms with Crippen molar-refractivity contribution in [2.45, 2.75) is 12.5 Å². The number of benzene rings is 2. The molecule has 146 valence electrons. The minimum absolute atomic E-state index is 0.330. The predicted molar refractivity (Wildman–Crippen MR) is 113 cm³/mol. The Morgan fingerprint density at radius 2 is 1.71 bits per heavy atom. The van der Waals surface area contributed by atoms with Crippen LogP contribution in [0.5, 0.6) is 5.75 Å². The zero-order valence-corrected chi connectivity index (χ0v) is 16.4. The lowest BCUT2D eigenvalue weighted by molar-refractivity contribution is 0.243. The number of hydrogen-bond donors (Lipinski definition) is 0. The van der Waals surface area contributed by atoms with Crippen molar-refractivity contribution in [3.8, 4) is 5.75 Å². The minimum Gasteiger partial charge on any atom is -0.495 e. The van der Waals surface area contributed by atoms with Gasteiger partial charge in [-0.3, -0.25) is 4.90 Å². The molecule has 0 N–H and O–H groups in total. The van der Waals surface area contributed by atoms with Crippen molar-refractivity contribution >= 4 is 5.69 Å². The number of hydrogen-bond acceptors (Lipinski definition) is 4. The molecule has 4 rings (SSSR count). The van der Waals surface area contributed by atoms with Crippen LogP contribution in [0, 0.1) is 0 Å². The Kier molecular flexibility index (Phi) is 5.92. The first kappa shape index (κ1) is 18.6. The van der Waals surface area contributed by atoms with Gasteiger partial charge in [0.2, 0.25) is 0 Å². The lowest BCUT2D eigenvalue weighted by atomic mass is 10.0. The Labute approximate surface area is 167 Å². The normalized spacial score (nSPS) is 16.1. The molecule has 0 amide bonds. The summed E-state index contributed by atoms with van der Waals surface area (Å²) < 4.78 is 7.75. The molecule has 0 radical (unpaired) electrons. The molecule has 1 aromatic heterocycles. The second-order valence-electron chi connectivity index (χ2n) is 7.23. The van der Waals surface area contributed by atoms with Crippen molar-refractivity contribution < 1.29 is 4.74 Å². The van der Waals surface area contributed by atoms with Gasteiger partial charge in [-0.05, 0) is 24.1 Å². The average molecular weight is 377 g/mol. The van der Waals surface area contributed by atoms with E-state index in [1.165, 1.54) is 11.3 Å². The third kappa shape index (κ3) is 4.20. The molecule has 5 heteroatoms. The molecule has 1 unspecified atom stereocenters. The van der Waals surface area contributed by atoms with Crippen LogP contribution in [0.25, 0.3) is 0 Å². The molecular weight excluding hydrogens is 348 g/mol. The fourth-order valence-corrected chi connectivity index (χ4v) is 4.03. The van der Waals surface area contributed by atoms with Crippen LogP contribution in [0.15, 0.2) is 73.3 Å². The Morgan fingerprint density at radius 1 is 0.964 bits per heavy atom. The molecule has 0 spiro atoms. The molecule has 1 fully saturated rings. The Hall–Kier alpha value is -2.79. The summed E-state index contributed by atoms with van der Waals surface area (Å²) in [5, 5.41) is 0. The fraction of sp³-hybridized carbons (Fsp3) is 0.348. The van der Waals surface area contributed by atoms with Gasteiger partial charge in [0, 0.05) is 45.1 Å². The zero-order valence-electron chi connectivity index (χ0n) is 16.4. The van der Waals surface area contributed by atoms with Gasteiger partial charge in [0.1, 0.15) is 5.75 Å². The van der Waals surface area contributed by atoms with Gasteiger partial charge in [-0.15, -0.1) is 0 Å². The molecule has 1 aliphatic rings. The van der Waals surface area contributed by atoms with Gasteiger partial charge in [-0.1, -0.05) is 42.5 Å². The SMILES string of the molecule is COc1ccccc1N1CCN(CCC(c2ccccc2)n2ccnc2)CC1. The van der Waals surface area contributed by atoms with Gasteiger partial charge >= 0.3 is 0 Å². The summed E-state index contributed by atoms with van der Waals surface area (Å²) in [5.41, 5.74) is 2.54. The summed E-state index contributed by atoms with van der Waals surface area (Å²) in [4.78, 5) is 9.25. The molecule has 2 heterocycles. The molecule has 5 nitrogen and oxygen atoms in total. The topological polar surface area (TPSA) is 33.5 Å². The monoisotopic (exact) mass is 376 g/mol. The molecule has 0 aliphatic carbocycles. The van der Waals surface area contributed by atoms with E-state index in [9.17, 15) is 0 Å². The molecule has 0 bridgehead atoms. The molecule has 2 aromatic carbocycles. The first-order chi connectivity index (χ1) is 13.8. The summed E-state index contributed by atoms with van der Waals surface area (Å²) >= 11 is 0. The molecule has 28 heavy (non-hydrogen) atoms. The summed E-state index contributed by atoms with van der Waals surface area (Å²) in [6, 6.07) is 19.4. The smallest absolute Gasteiger partial charge is 0.142 e. The van der Waals surface area contributed by atoms with Crippen molar-refractivity contribution in [3.63, 3.8) is 0 Å². The molecule has 0 saturated carbocycles. The number of aromatic nitrogens is 2. The van der Waals surface area contributed by atoms with E-state index < -0.39 is 0 Å². The van der Waals surface area contributed by atoms with Crippen molar-refractivity contribution in [1.29, 1.82) is 0 Å². The lowest BCUT2D eigenvalue weighted by Gasteiger charge is -2.37. The second-order valence-corrected chi connectivity index (χ2v) is 7.23. The molecular formula is C23H28N4O. The van der Waals surface area contributed by atoms with Gasteiger partial charge in [0.15, 0.2) is 0 Å². The summed E-state index contributed by atoms with van der Waals surface area (Å²) in [6.07, 6.45) is 6.94. The quantitative estimate of drug-likeness (QED) is 0.630. The summed E-state index contributed by atoms with van der Waals surface area (Å²) in [6.45, 7) is 5.29. The number of rotatable bonds is 7. The first-order valence-electron chi connectivity index (χ1n) is 9.98. The van der Waals surface area contributed by atoms with E-state index in [1.54, 1.807) is 7.11 Å². The van der Waals surface area contributed by atoms with Crippen molar-refractivity contribution in [2.75, 3.05) is 44.7 Å². The van der Waals surface area contributed by atoms with E-state index in [1.807, 2.05) is 24.7 Å². The van der Waals surface area contributed by atoms with Crippen LogP contribution in [0.4, 0.5) is 5.69 Å². The number of piperazine rings is 1. The average Bonchev–Trinajstić information content (AvgIpc) is 3.30. The molecule has 1 atom stereocenters. The van der Waals surface area contributed by atoms with Crippen LogP contribution in [0.2, 0.25) is 0 Å².